The molecule has 0 heterocycles. The summed E-state index contributed by atoms with van der Waals surface area (Å²) in [5, 5.41) is 0. The van der Waals surface area contributed by atoms with Gasteiger partial charge in [-0.25, -0.2) is 0 Å². The van der Waals surface area contributed by atoms with E-state index in [1.54, 1.807) is 0 Å². The van der Waals surface area contributed by atoms with Gasteiger partial charge < -0.3 is 4.90 Å². The molecule has 1 rings (SSSR count). The summed E-state index contributed by atoms with van der Waals surface area (Å²) in [6.07, 6.45) is 3.92. The molecular formula is C12H15NS. The Morgan fingerprint density at radius 1 is 1.29 bits per heavy atom. The molecule has 0 saturated carbocycles. The second kappa shape index (κ2) is 4.91. The molecule has 1 aromatic rings. The van der Waals surface area contributed by atoms with E-state index in [1.807, 2.05) is 43.4 Å². The molecule has 0 aliphatic heterocycles. The number of aryl methyl sites for hydroxylation is 1. The molecule has 0 saturated heterocycles. The molecule has 2 heteroatoms. The van der Waals surface area contributed by atoms with Crippen molar-refractivity contribution in [3.05, 3.63) is 47.7 Å². The van der Waals surface area contributed by atoms with Gasteiger partial charge in [-0.3, -0.25) is 0 Å². The van der Waals surface area contributed by atoms with Crippen molar-refractivity contribution in [2.75, 3.05) is 14.1 Å². The van der Waals surface area contributed by atoms with Gasteiger partial charge in [-0.15, -0.1) is 0 Å². The average molecular weight is 205 g/mol. The summed E-state index contributed by atoms with van der Waals surface area (Å²) in [5.74, 6) is 0. The second-order valence-corrected chi connectivity index (χ2v) is 3.90. The third-order valence-electron chi connectivity index (χ3n) is 1.93. The van der Waals surface area contributed by atoms with Crippen LogP contribution in [0.3, 0.4) is 0 Å². The summed E-state index contributed by atoms with van der Waals surface area (Å²) in [7, 11) is 3.97. The van der Waals surface area contributed by atoms with Gasteiger partial charge in [-0.05, 0) is 30.3 Å². The smallest absolute Gasteiger partial charge is 0.0466 e. The van der Waals surface area contributed by atoms with Crippen LogP contribution >= 0.6 is 12.2 Å². The normalized spacial score (nSPS) is 10.5. The molecule has 0 bridgehead atoms. The van der Waals surface area contributed by atoms with E-state index >= 15 is 0 Å². The first-order chi connectivity index (χ1) is 6.61. The van der Waals surface area contributed by atoms with Crippen molar-refractivity contribution in [2.24, 2.45) is 0 Å². The van der Waals surface area contributed by atoms with Gasteiger partial charge in [0.05, 0.1) is 0 Å². The Kier molecular flexibility index (Phi) is 3.84. The molecule has 14 heavy (non-hydrogen) atoms. The standard InChI is InChI=1S/C12H15NS/c1-10-6-4-5-7-11(10)12(14)8-9-13(2)3/h4-9H,1-3H3/b9-8+. The summed E-state index contributed by atoms with van der Waals surface area (Å²) in [4.78, 5) is 2.86. The summed E-state index contributed by atoms with van der Waals surface area (Å²) < 4.78 is 0. The molecule has 0 N–H and O–H groups in total. The first kappa shape index (κ1) is 10.9. The molecule has 0 spiro atoms. The van der Waals surface area contributed by atoms with Crippen molar-refractivity contribution < 1.29 is 0 Å². The molecule has 0 aliphatic carbocycles. The Morgan fingerprint density at radius 3 is 2.50 bits per heavy atom. The van der Waals surface area contributed by atoms with Crippen molar-refractivity contribution in [1.29, 1.82) is 0 Å². The van der Waals surface area contributed by atoms with Crippen LogP contribution in [0.4, 0.5) is 0 Å². The number of hydrogen-bond donors (Lipinski definition) is 0. The Labute approximate surface area is 91.1 Å². The zero-order valence-corrected chi connectivity index (χ0v) is 9.64. The van der Waals surface area contributed by atoms with Crippen LogP contribution in [0.15, 0.2) is 36.5 Å². The van der Waals surface area contributed by atoms with Crippen molar-refractivity contribution >= 4 is 17.1 Å². The van der Waals surface area contributed by atoms with Crippen molar-refractivity contribution in [2.45, 2.75) is 6.92 Å². The topological polar surface area (TPSA) is 3.24 Å². The quantitative estimate of drug-likeness (QED) is 0.424. The lowest BCUT2D eigenvalue weighted by Crippen LogP contribution is -2.03. The lowest BCUT2D eigenvalue weighted by Gasteiger charge is -2.06. The van der Waals surface area contributed by atoms with E-state index in [9.17, 15) is 0 Å². The zero-order valence-electron chi connectivity index (χ0n) is 8.82. The van der Waals surface area contributed by atoms with Gasteiger partial charge in [0.1, 0.15) is 0 Å². The van der Waals surface area contributed by atoms with E-state index in [1.165, 1.54) is 5.56 Å². The maximum atomic E-state index is 5.31. The fraction of sp³-hybridized carbons (Fsp3) is 0.250. The highest BCUT2D eigenvalue weighted by Crippen LogP contribution is 2.09. The van der Waals surface area contributed by atoms with Crippen molar-refractivity contribution in [1.82, 2.24) is 4.90 Å². The van der Waals surface area contributed by atoms with Crippen LogP contribution in [-0.2, 0) is 0 Å². The number of thiocarbonyl (C=S) groups is 1. The largest absolute Gasteiger partial charge is 0.383 e. The lowest BCUT2D eigenvalue weighted by molar-refractivity contribution is 0.564. The van der Waals surface area contributed by atoms with Crippen molar-refractivity contribution in [3.8, 4) is 0 Å². The van der Waals surface area contributed by atoms with Gasteiger partial charge >= 0.3 is 0 Å². The minimum Gasteiger partial charge on any atom is -0.383 e. The minimum absolute atomic E-state index is 0.886. The average Bonchev–Trinajstić information content (AvgIpc) is 2.15. The molecule has 74 valence electrons. The van der Waals surface area contributed by atoms with Crippen LogP contribution in [0, 0.1) is 6.92 Å². The molecule has 0 atom stereocenters. The Bertz CT molecular complexity index is 353. The minimum atomic E-state index is 0.886. The Hall–Kier alpha value is -1.15. The molecule has 0 aliphatic rings. The highest BCUT2D eigenvalue weighted by molar-refractivity contribution is 7.81. The third kappa shape index (κ3) is 2.96. The van der Waals surface area contributed by atoms with Crippen LogP contribution in [-0.4, -0.2) is 23.9 Å². The third-order valence-corrected chi connectivity index (χ3v) is 2.29. The van der Waals surface area contributed by atoms with E-state index < -0.39 is 0 Å². The van der Waals surface area contributed by atoms with Gasteiger partial charge in [0.15, 0.2) is 0 Å². The van der Waals surface area contributed by atoms with E-state index in [0.717, 1.165) is 10.4 Å². The zero-order chi connectivity index (χ0) is 10.6. The van der Waals surface area contributed by atoms with Crippen LogP contribution in [0.1, 0.15) is 11.1 Å². The molecule has 0 radical (unpaired) electrons. The molecule has 0 unspecified atom stereocenters. The number of hydrogen-bond acceptors (Lipinski definition) is 2. The fourth-order valence-corrected chi connectivity index (χ4v) is 1.45. The predicted molar refractivity (Wildman–Crippen MR) is 65.7 cm³/mol. The molecular weight excluding hydrogens is 190 g/mol. The first-order valence-corrected chi connectivity index (χ1v) is 4.96. The number of benzene rings is 1. The molecule has 0 aromatic heterocycles. The molecule has 1 nitrogen and oxygen atoms in total. The summed E-state index contributed by atoms with van der Waals surface area (Å²) in [6.45, 7) is 2.07. The maximum Gasteiger partial charge on any atom is 0.0466 e. The molecule has 0 fully saturated rings. The van der Waals surface area contributed by atoms with Crippen LogP contribution in [0.25, 0.3) is 0 Å². The van der Waals surface area contributed by atoms with E-state index in [4.69, 9.17) is 12.2 Å². The predicted octanol–water partition coefficient (Wildman–Crippen LogP) is 2.79. The fourth-order valence-electron chi connectivity index (χ4n) is 1.16. The van der Waals surface area contributed by atoms with E-state index in [-0.39, 0.29) is 0 Å². The second-order valence-electron chi connectivity index (χ2n) is 3.46. The Balaban J connectivity index is 2.85. The lowest BCUT2D eigenvalue weighted by atomic mass is 10.1. The van der Waals surface area contributed by atoms with E-state index in [2.05, 4.69) is 19.1 Å². The molecule has 1 aromatic carbocycles. The Morgan fingerprint density at radius 2 is 1.93 bits per heavy atom. The van der Waals surface area contributed by atoms with Gasteiger partial charge in [0, 0.05) is 19.0 Å². The first-order valence-electron chi connectivity index (χ1n) is 4.56. The number of rotatable bonds is 3. The van der Waals surface area contributed by atoms with Crippen LogP contribution in [0.5, 0.6) is 0 Å². The number of allylic oxidation sites excluding steroid dienone is 1. The van der Waals surface area contributed by atoms with Crippen LogP contribution < -0.4 is 0 Å². The van der Waals surface area contributed by atoms with Gasteiger partial charge in [-0.1, -0.05) is 36.5 Å². The monoisotopic (exact) mass is 205 g/mol. The number of nitrogens with zero attached hydrogens (tertiary/aromatic N) is 1. The summed E-state index contributed by atoms with van der Waals surface area (Å²) >= 11 is 5.31. The highest BCUT2D eigenvalue weighted by atomic mass is 32.1. The van der Waals surface area contributed by atoms with Gasteiger partial charge in [0.2, 0.25) is 0 Å². The summed E-state index contributed by atoms with van der Waals surface area (Å²) in [5.41, 5.74) is 2.36. The SMILES string of the molecule is Cc1ccccc1C(=S)/C=C/N(C)C. The summed E-state index contributed by atoms with van der Waals surface area (Å²) in [6, 6.07) is 8.16. The van der Waals surface area contributed by atoms with E-state index in [0.29, 0.717) is 0 Å². The van der Waals surface area contributed by atoms with Gasteiger partial charge in [-0.2, -0.15) is 0 Å². The van der Waals surface area contributed by atoms with Gasteiger partial charge in [0.25, 0.3) is 0 Å². The molecule has 0 amide bonds. The highest BCUT2D eigenvalue weighted by Gasteiger charge is 1.99. The maximum absolute atomic E-state index is 5.31. The van der Waals surface area contributed by atoms with Crippen LogP contribution in [0.2, 0.25) is 0 Å². The van der Waals surface area contributed by atoms with Crippen molar-refractivity contribution in [3.63, 3.8) is 0 Å².